The molecule has 0 radical (unpaired) electrons. The topological polar surface area (TPSA) is 237 Å². The first-order valence-corrected chi connectivity index (χ1v) is 45.5. The second-order valence-corrected chi connectivity index (χ2v) is 33.1. The van der Waals surface area contributed by atoms with E-state index >= 15 is 0 Å². The van der Waals surface area contributed by atoms with Gasteiger partial charge in [-0.3, -0.25) is 37.3 Å². The van der Waals surface area contributed by atoms with Crippen LogP contribution >= 0.6 is 15.6 Å². The van der Waals surface area contributed by atoms with Gasteiger partial charge in [0.25, 0.3) is 0 Å². The van der Waals surface area contributed by atoms with Crippen molar-refractivity contribution in [2.75, 3.05) is 39.6 Å². The Labute approximate surface area is 619 Å². The predicted molar refractivity (Wildman–Crippen MR) is 414 cm³/mol. The van der Waals surface area contributed by atoms with Gasteiger partial charge in [-0.15, -0.1) is 0 Å². The van der Waals surface area contributed by atoms with E-state index in [1.807, 2.05) is 0 Å². The van der Waals surface area contributed by atoms with E-state index in [-0.39, 0.29) is 25.7 Å². The number of rotatable bonds is 81. The Bertz CT molecular complexity index is 1940. The summed E-state index contributed by atoms with van der Waals surface area (Å²) in [5, 5.41) is 10.6. The number of unbranched alkanes of at least 4 members (excludes halogenated alkanes) is 50. The minimum Gasteiger partial charge on any atom is -0.462 e. The first kappa shape index (κ1) is 99.1. The highest BCUT2D eigenvalue weighted by Gasteiger charge is 2.30. The van der Waals surface area contributed by atoms with Gasteiger partial charge in [0.1, 0.15) is 19.3 Å². The molecule has 6 atom stereocenters. The number of hydrogen-bond acceptors (Lipinski definition) is 15. The molecule has 0 aromatic rings. The predicted octanol–water partition coefficient (Wildman–Crippen LogP) is 24.7. The molecule has 0 amide bonds. The number of carbonyl (C=O) groups is 4. The summed E-state index contributed by atoms with van der Waals surface area (Å²) in [6, 6.07) is 0. The Morgan fingerprint density at radius 1 is 0.287 bits per heavy atom. The standard InChI is InChI=1S/C82H160O17P2/c1-7-10-12-14-16-18-20-22-23-24-25-26-30-34-37-41-45-52-58-64-79(84)92-70-77(98-81(86)67-61-55-47-43-39-35-31-28-27-29-33-36-40-44-50-56-62-74(4)5)72-96-100(88,89)94-68-76(83)69-95-101(90,91)97-73-78(71-93-80(85)65-59-53-49-48-51-57-63-75(6)9-3)99-82(87)66-60-54-46-42-38-32-21-19-17-15-13-11-8-2/h74-78,83H,7-73H2,1-6H3,(H,88,89)(H,90,91)/t75?,76-,77-,78-/m1/s1. The van der Waals surface area contributed by atoms with Crippen LogP contribution in [0.5, 0.6) is 0 Å². The lowest BCUT2D eigenvalue weighted by atomic mass is 10.00. The van der Waals surface area contributed by atoms with Crippen molar-refractivity contribution >= 4 is 39.5 Å². The number of phosphoric acid groups is 2. The Balaban J connectivity index is 5.23. The van der Waals surface area contributed by atoms with Gasteiger partial charge in [0.2, 0.25) is 0 Å². The maximum Gasteiger partial charge on any atom is 0.472 e. The van der Waals surface area contributed by atoms with Crippen molar-refractivity contribution in [3.05, 3.63) is 0 Å². The van der Waals surface area contributed by atoms with Crippen LogP contribution in [-0.2, 0) is 65.4 Å². The van der Waals surface area contributed by atoms with Gasteiger partial charge in [0.05, 0.1) is 26.4 Å². The van der Waals surface area contributed by atoms with E-state index in [2.05, 4.69) is 41.5 Å². The smallest absolute Gasteiger partial charge is 0.462 e. The molecule has 0 fully saturated rings. The van der Waals surface area contributed by atoms with Gasteiger partial charge in [-0.25, -0.2) is 9.13 Å². The summed E-state index contributed by atoms with van der Waals surface area (Å²) in [6.07, 6.45) is 63.9. The third-order valence-electron chi connectivity index (χ3n) is 19.6. The second-order valence-electron chi connectivity index (χ2n) is 30.2. The van der Waals surface area contributed by atoms with Gasteiger partial charge in [0, 0.05) is 25.7 Å². The Kier molecular flexibility index (Phi) is 72.2. The summed E-state index contributed by atoms with van der Waals surface area (Å²) in [7, 11) is -9.92. The summed E-state index contributed by atoms with van der Waals surface area (Å²) in [6.45, 7) is 9.63. The fourth-order valence-electron chi connectivity index (χ4n) is 12.7. The van der Waals surface area contributed by atoms with E-state index in [1.165, 1.54) is 244 Å². The lowest BCUT2D eigenvalue weighted by Gasteiger charge is -2.21. The summed E-state index contributed by atoms with van der Waals surface area (Å²) < 4.78 is 68.7. The van der Waals surface area contributed by atoms with Crippen LogP contribution in [0.15, 0.2) is 0 Å². The largest absolute Gasteiger partial charge is 0.472 e. The highest BCUT2D eigenvalue weighted by atomic mass is 31.2. The molecule has 101 heavy (non-hydrogen) atoms. The number of ether oxygens (including phenoxy) is 4. The van der Waals surface area contributed by atoms with Gasteiger partial charge in [0.15, 0.2) is 12.2 Å². The minimum absolute atomic E-state index is 0.107. The number of aliphatic hydroxyl groups is 1. The zero-order chi connectivity index (χ0) is 74.2. The number of hydrogen-bond donors (Lipinski definition) is 3. The fraction of sp³-hybridized carbons (Fsp3) is 0.951. The van der Waals surface area contributed by atoms with Crippen molar-refractivity contribution < 1.29 is 80.2 Å². The van der Waals surface area contributed by atoms with Crippen LogP contribution in [0.2, 0.25) is 0 Å². The molecule has 3 N–H and O–H groups in total. The first-order chi connectivity index (χ1) is 48.9. The van der Waals surface area contributed by atoms with Crippen molar-refractivity contribution in [1.82, 2.24) is 0 Å². The molecule has 0 aliphatic carbocycles. The quantitative estimate of drug-likeness (QED) is 0.0222. The molecule has 600 valence electrons. The average Bonchev–Trinajstić information content (AvgIpc) is 0.950. The lowest BCUT2D eigenvalue weighted by Crippen LogP contribution is -2.30. The normalized spacial score (nSPS) is 14.2. The molecule has 0 spiro atoms. The highest BCUT2D eigenvalue weighted by Crippen LogP contribution is 2.45. The molecular formula is C82H160O17P2. The molecule has 0 bridgehead atoms. The third kappa shape index (κ3) is 74.7. The van der Waals surface area contributed by atoms with Gasteiger partial charge < -0.3 is 33.8 Å². The van der Waals surface area contributed by atoms with E-state index < -0.39 is 97.5 Å². The third-order valence-corrected chi connectivity index (χ3v) is 21.5. The Morgan fingerprint density at radius 2 is 0.505 bits per heavy atom. The van der Waals surface area contributed by atoms with Crippen molar-refractivity contribution in [2.45, 2.75) is 452 Å². The molecule has 0 aliphatic heterocycles. The summed E-state index contributed by atoms with van der Waals surface area (Å²) in [5.74, 6) is -0.567. The molecule has 0 rings (SSSR count). The molecule has 19 heteroatoms. The van der Waals surface area contributed by atoms with Gasteiger partial charge >= 0.3 is 39.5 Å². The van der Waals surface area contributed by atoms with E-state index in [1.54, 1.807) is 0 Å². The molecular weight excluding hydrogens is 1320 g/mol. The lowest BCUT2D eigenvalue weighted by molar-refractivity contribution is -0.161. The minimum atomic E-state index is -4.96. The highest BCUT2D eigenvalue weighted by molar-refractivity contribution is 7.47. The molecule has 0 aromatic carbocycles. The number of esters is 4. The van der Waals surface area contributed by atoms with E-state index in [4.69, 9.17) is 37.0 Å². The second kappa shape index (κ2) is 73.6. The van der Waals surface area contributed by atoms with Crippen molar-refractivity contribution in [3.8, 4) is 0 Å². The summed E-state index contributed by atoms with van der Waals surface area (Å²) in [4.78, 5) is 73.0. The molecule has 0 aromatic heterocycles. The van der Waals surface area contributed by atoms with Crippen LogP contribution < -0.4 is 0 Å². The zero-order valence-corrected chi connectivity index (χ0v) is 68.0. The number of carbonyl (C=O) groups excluding carboxylic acids is 4. The van der Waals surface area contributed by atoms with Crippen LogP contribution in [0, 0.1) is 11.8 Å². The molecule has 0 saturated heterocycles. The van der Waals surface area contributed by atoms with E-state index in [9.17, 15) is 43.2 Å². The summed E-state index contributed by atoms with van der Waals surface area (Å²) >= 11 is 0. The van der Waals surface area contributed by atoms with Crippen LogP contribution in [0.1, 0.15) is 433 Å². The Morgan fingerprint density at radius 3 is 0.752 bits per heavy atom. The van der Waals surface area contributed by atoms with Gasteiger partial charge in [-0.1, -0.05) is 382 Å². The monoisotopic (exact) mass is 1480 g/mol. The van der Waals surface area contributed by atoms with Crippen molar-refractivity contribution in [1.29, 1.82) is 0 Å². The van der Waals surface area contributed by atoms with Crippen LogP contribution in [0.4, 0.5) is 0 Å². The molecule has 0 heterocycles. The average molecular weight is 1480 g/mol. The SMILES string of the molecule is CCCCCCCCCCCCCCCCCCCCCC(=O)OC[C@H](COP(=O)(O)OC[C@@H](O)COP(=O)(O)OC[C@@H](COC(=O)CCCCCCCCC(C)CC)OC(=O)CCCCCCCCCCCCCCC)OC(=O)CCCCCCCCCCCCCCCCCCC(C)C. The van der Waals surface area contributed by atoms with E-state index in [0.29, 0.717) is 25.7 Å². The van der Waals surface area contributed by atoms with Crippen molar-refractivity contribution in [3.63, 3.8) is 0 Å². The molecule has 17 nitrogen and oxygen atoms in total. The maximum absolute atomic E-state index is 13.1. The molecule has 0 saturated carbocycles. The van der Waals surface area contributed by atoms with Crippen molar-refractivity contribution in [2.24, 2.45) is 11.8 Å². The molecule has 3 unspecified atom stereocenters. The fourth-order valence-corrected chi connectivity index (χ4v) is 14.3. The number of aliphatic hydroxyl groups excluding tert-OH is 1. The molecule has 0 aliphatic rings. The van der Waals surface area contributed by atoms with E-state index in [0.717, 1.165) is 108 Å². The number of phosphoric ester groups is 2. The zero-order valence-electron chi connectivity index (χ0n) is 66.2. The first-order valence-electron chi connectivity index (χ1n) is 42.5. The Hall–Kier alpha value is -1.94. The van der Waals surface area contributed by atoms with Crippen LogP contribution in [0.25, 0.3) is 0 Å². The summed E-state index contributed by atoms with van der Waals surface area (Å²) in [5.41, 5.74) is 0. The van der Waals surface area contributed by atoms with Crippen LogP contribution in [-0.4, -0.2) is 96.7 Å². The van der Waals surface area contributed by atoms with Crippen LogP contribution in [0.3, 0.4) is 0 Å². The van der Waals surface area contributed by atoms with Gasteiger partial charge in [-0.05, 0) is 37.5 Å². The van der Waals surface area contributed by atoms with Gasteiger partial charge in [-0.2, -0.15) is 0 Å². The maximum atomic E-state index is 13.1.